The maximum atomic E-state index is 12.1. The zero-order valence-corrected chi connectivity index (χ0v) is 15.5. The number of nitrogens with zero attached hydrogens (tertiary/aromatic N) is 2. The van der Waals surface area contributed by atoms with E-state index in [1.54, 1.807) is 18.5 Å². The number of rotatable bonds is 3. The third-order valence-corrected chi connectivity index (χ3v) is 4.44. The van der Waals surface area contributed by atoms with Crippen LogP contribution in [0.5, 0.6) is 0 Å². The Morgan fingerprint density at radius 2 is 2.00 bits per heavy atom. The molecule has 0 saturated carbocycles. The number of Topliss-reactive ketones (excluding diaryl/α,β-unsaturated/α-hetero) is 1. The van der Waals surface area contributed by atoms with Gasteiger partial charge < -0.3 is 9.88 Å². The van der Waals surface area contributed by atoms with Crippen LogP contribution in [0.1, 0.15) is 55.4 Å². The van der Waals surface area contributed by atoms with E-state index in [9.17, 15) is 9.59 Å². The van der Waals surface area contributed by atoms with Gasteiger partial charge in [0.25, 0.3) is 0 Å². The molecule has 1 atom stereocenters. The van der Waals surface area contributed by atoms with Crippen LogP contribution < -0.4 is 10.6 Å². The van der Waals surface area contributed by atoms with Gasteiger partial charge in [-0.05, 0) is 30.0 Å². The van der Waals surface area contributed by atoms with Crippen molar-refractivity contribution in [2.75, 3.05) is 11.4 Å². The molecule has 2 aromatic rings. The molecule has 0 spiro atoms. The van der Waals surface area contributed by atoms with E-state index in [2.05, 4.69) is 36.7 Å². The molecule has 1 N–H and O–H groups in total. The Hall–Kier alpha value is -2.56. The molecule has 3 rings (SSSR count). The summed E-state index contributed by atoms with van der Waals surface area (Å²) >= 11 is 0. The van der Waals surface area contributed by atoms with Crippen LogP contribution in [0.15, 0.2) is 35.1 Å². The smallest absolute Gasteiger partial charge is 0.327 e. The number of ketones is 1. The normalized spacial score (nSPS) is 16.8. The molecule has 1 aliphatic rings. The Bertz CT molecular complexity index is 896. The van der Waals surface area contributed by atoms with Gasteiger partial charge in [-0.1, -0.05) is 45.0 Å². The molecule has 1 aliphatic heterocycles. The largest absolute Gasteiger partial charge is 0.345 e. The summed E-state index contributed by atoms with van der Waals surface area (Å²) < 4.78 is 1.66. The number of carbonyl (C=O) groups is 1. The number of imidazole rings is 1. The number of H-pyrrole nitrogens is 1. The number of carbonyl (C=O) groups excluding carboxylic acids is 1. The summed E-state index contributed by atoms with van der Waals surface area (Å²) in [5.41, 5.74) is 2.51. The van der Waals surface area contributed by atoms with Crippen LogP contribution in [0.25, 0.3) is 6.08 Å². The number of hydrogen-bond donors (Lipinski definition) is 1. The van der Waals surface area contributed by atoms with Gasteiger partial charge in [0.05, 0.1) is 11.7 Å². The maximum Gasteiger partial charge on any atom is 0.327 e. The van der Waals surface area contributed by atoms with Crippen molar-refractivity contribution >= 4 is 17.7 Å². The number of anilines is 1. The Labute approximate surface area is 148 Å². The van der Waals surface area contributed by atoms with Gasteiger partial charge in [-0.15, -0.1) is 0 Å². The highest BCUT2D eigenvalue weighted by Crippen LogP contribution is 2.37. The second-order valence-electron chi connectivity index (χ2n) is 7.90. The predicted octanol–water partition coefficient (Wildman–Crippen LogP) is 3.54. The Balaban J connectivity index is 2.12. The molecule has 5 heteroatoms. The van der Waals surface area contributed by atoms with E-state index in [1.165, 1.54) is 0 Å². The molecule has 0 fully saturated rings. The lowest BCUT2D eigenvalue weighted by atomic mass is 9.92. The molecule has 25 heavy (non-hydrogen) atoms. The lowest BCUT2D eigenvalue weighted by Gasteiger charge is -2.39. The number of fused-ring (bicyclic) bond motifs is 1. The monoisotopic (exact) mass is 339 g/mol. The number of aromatic amines is 1. The highest BCUT2D eigenvalue weighted by atomic mass is 16.1. The van der Waals surface area contributed by atoms with Crippen molar-refractivity contribution in [2.24, 2.45) is 12.5 Å². The van der Waals surface area contributed by atoms with Crippen LogP contribution in [0.3, 0.4) is 0 Å². The second kappa shape index (κ2) is 6.06. The predicted molar refractivity (Wildman–Crippen MR) is 101 cm³/mol. The van der Waals surface area contributed by atoms with Crippen LogP contribution >= 0.6 is 0 Å². The quantitative estimate of drug-likeness (QED) is 0.870. The summed E-state index contributed by atoms with van der Waals surface area (Å²) in [4.78, 5) is 29.0. The van der Waals surface area contributed by atoms with Crippen LogP contribution in [-0.4, -0.2) is 21.9 Å². The van der Waals surface area contributed by atoms with Gasteiger partial charge in [0, 0.05) is 19.2 Å². The van der Waals surface area contributed by atoms with E-state index in [4.69, 9.17) is 0 Å². The third kappa shape index (κ3) is 3.31. The minimum absolute atomic E-state index is 0.0209. The van der Waals surface area contributed by atoms with E-state index < -0.39 is 0 Å². The molecule has 0 radical (unpaired) electrons. The Kier molecular flexibility index (Phi) is 4.19. The maximum absolute atomic E-state index is 12.1. The average molecular weight is 339 g/mol. The summed E-state index contributed by atoms with van der Waals surface area (Å²) in [7, 11) is 1.79. The SMILES string of the molecule is CC(=O)c1cccc(C2C=Cc3[nH]c(=O)n(C)c3N2CC(C)(C)C)c1. The molecule has 0 bridgehead atoms. The first kappa shape index (κ1) is 17.3. The van der Waals surface area contributed by atoms with E-state index >= 15 is 0 Å². The van der Waals surface area contributed by atoms with Crippen LogP contribution in [0.4, 0.5) is 5.82 Å². The molecule has 5 nitrogen and oxygen atoms in total. The lowest BCUT2D eigenvalue weighted by molar-refractivity contribution is 0.101. The second-order valence-corrected chi connectivity index (χ2v) is 7.90. The molecule has 1 aromatic heterocycles. The fourth-order valence-corrected chi connectivity index (χ4v) is 3.34. The van der Waals surface area contributed by atoms with Crippen molar-refractivity contribution in [3.63, 3.8) is 0 Å². The summed E-state index contributed by atoms with van der Waals surface area (Å²) in [6.45, 7) is 8.90. The van der Waals surface area contributed by atoms with Crippen LogP contribution in [-0.2, 0) is 7.05 Å². The Morgan fingerprint density at radius 3 is 2.64 bits per heavy atom. The molecule has 132 valence electrons. The van der Waals surface area contributed by atoms with Gasteiger partial charge in [0.1, 0.15) is 5.82 Å². The highest BCUT2D eigenvalue weighted by Gasteiger charge is 2.31. The molecule has 0 amide bonds. The zero-order valence-electron chi connectivity index (χ0n) is 15.5. The average Bonchev–Trinajstić information content (AvgIpc) is 2.81. The molecule has 1 unspecified atom stereocenters. The van der Waals surface area contributed by atoms with Gasteiger partial charge in [-0.3, -0.25) is 9.36 Å². The molecule has 1 aromatic carbocycles. The van der Waals surface area contributed by atoms with E-state index in [0.717, 1.165) is 23.6 Å². The fraction of sp³-hybridized carbons (Fsp3) is 0.400. The zero-order chi connectivity index (χ0) is 18.4. The van der Waals surface area contributed by atoms with Crippen molar-refractivity contribution in [2.45, 2.75) is 33.7 Å². The molecule has 0 saturated heterocycles. The number of nitrogens with one attached hydrogen (secondary N) is 1. The van der Waals surface area contributed by atoms with Crippen molar-refractivity contribution in [3.8, 4) is 0 Å². The molecule has 2 heterocycles. The lowest BCUT2D eigenvalue weighted by Crippen LogP contribution is -2.38. The number of hydrogen-bond acceptors (Lipinski definition) is 3. The minimum Gasteiger partial charge on any atom is -0.345 e. The summed E-state index contributed by atoms with van der Waals surface area (Å²) in [6, 6.07) is 7.72. The van der Waals surface area contributed by atoms with E-state index in [0.29, 0.717) is 5.56 Å². The van der Waals surface area contributed by atoms with E-state index in [1.807, 2.05) is 30.3 Å². The fourth-order valence-electron chi connectivity index (χ4n) is 3.34. The first-order chi connectivity index (χ1) is 11.7. The van der Waals surface area contributed by atoms with Gasteiger partial charge in [0.15, 0.2) is 5.78 Å². The topological polar surface area (TPSA) is 58.1 Å². The molecular formula is C20H25N3O2. The number of aromatic nitrogens is 2. The summed E-state index contributed by atoms with van der Waals surface area (Å²) in [6.07, 6.45) is 4.05. The van der Waals surface area contributed by atoms with Gasteiger partial charge in [0.2, 0.25) is 0 Å². The van der Waals surface area contributed by atoms with Crippen molar-refractivity contribution < 1.29 is 4.79 Å². The van der Waals surface area contributed by atoms with Crippen LogP contribution in [0.2, 0.25) is 0 Å². The van der Waals surface area contributed by atoms with E-state index in [-0.39, 0.29) is 22.9 Å². The Morgan fingerprint density at radius 1 is 1.28 bits per heavy atom. The minimum atomic E-state index is -0.119. The van der Waals surface area contributed by atoms with Crippen molar-refractivity contribution in [3.05, 3.63) is 57.6 Å². The first-order valence-corrected chi connectivity index (χ1v) is 8.52. The van der Waals surface area contributed by atoms with Crippen molar-refractivity contribution in [1.29, 1.82) is 0 Å². The first-order valence-electron chi connectivity index (χ1n) is 8.52. The molecule has 0 aliphatic carbocycles. The summed E-state index contributed by atoms with van der Waals surface area (Å²) in [5, 5.41) is 0. The number of benzene rings is 1. The van der Waals surface area contributed by atoms with Crippen LogP contribution in [0, 0.1) is 5.41 Å². The van der Waals surface area contributed by atoms with Gasteiger partial charge >= 0.3 is 5.69 Å². The highest BCUT2D eigenvalue weighted by molar-refractivity contribution is 5.94. The third-order valence-electron chi connectivity index (χ3n) is 4.44. The van der Waals surface area contributed by atoms with Gasteiger partial charge in [-0.25, -0.2) is 4.79 Å². The van der Waals surface area contributed by atoms with Gasteiger partial charge in [-0.2, -0.15) is 0 Å². The molecular weight excluding hydrogens is 314 g/mol. The summed E-state index contributed by atoms with van der Waals surface area (Å²) in [5.74, 6) is 0.944. The standard InChI is InChI=1S/C20H25N3O2/c1-13(24)14-7-6-8-15(11-14)17-10-9-16-18(22(5)19(25)21-16)23(17)12-20(2,3)4/h6-11,17H,12H2,1-5H3,(H,21,25). The van der Waals surface area contributed by atoms with Crippen molar-refractivity contribution in [1.82, 2.24) is 9.55 Å².